The van der Waals surface area contributed by atoms with E-state index in [0.717, 1.165) is 11.5 Å². The van der Waals surface area contributed by atoms with E-state index in [0.29, 0.717) is 5.25 Å². The smallest absolute Gasteiger partial charge is 0.173 e. The van der Waals surface area contributed by atoms with Crippen LogP contribution in [-0.2, 0) is 9.93 Å². The molecule has 1 aliphatic heterocycles. The van der Waals surface area contributed by atoms with Crippen LogP contribution in [0.1, 0.15) is 10.8 Å². The molecule has 0 spiro atoms. The van der Waals surface area contributed by atoms with Crippen molar-refractivity contribution in [1.29, 1.82) is 0 Å². The van der Waals surface area contributed by atoms with Crippen LogP contribution in [0.25, 0.3) is 0 Å². The Morgan fingerprint density at radius 3 is 2.00 bits per heavy atom. The maximum absolute atomic E-state index is 5.21. The lowest BCUT2D eigenvalue weighted by atomic mass is 10.1. The second kappa shape index (κ2) is 6.50. The lowest BCUT2D eigenvalue weighted by molar-refractivity contribution is 0.414. The van der Waals surface area contributed by atoms with Gasteiger partial charge in [0.2, 0.25) is 0 Å². The summed E-state index contributed by atoms with van der Waals surface area (Å²) in [5, 5.41) is 2.72. The predicted octanol–water partition coefficient (Wildman–Crippen LogP) is 4.60. The van der Waals surface area contributed by atoms with Gasteiger partial charge in [0.1, 0.15) is 42.9 Å². The van der Waals surface area contributed by atoms with Gasteiger partial charge in [-0.25, -0.2) is 0 Å². The van der Waals surface area contributed by atoms with Crippen molar-refractivity contribution in [3.63, 3.8) is 0 Å². The Hall–Kier alpha value is -1.52. The first kappa shape index (κ1) is 14.4. The van der Waals surface area contributed by atoms with E-state index in [-0.39, 0.29) is 9.93 Å². The summed E-state index contributed by atoms with van der Waals surface area (Å²) in [5.74, 6) is 1.81. The molecule has 108 valence electrons. The van der Waals surface area contributed by atoms with Gasteiger partial charge in [0, 0.05) is 0 Å². The molecule has 0 saturated carbocycles. The van der Waals surface area contributed by atoms with Gasteiger partial charge in [0.15, 0.2) is 4.90 Å². The summed E-state index contributed by atoms with van der Waals surface area (Å²) in [6.45, 7) is 0. The molecule has 2 aromatic carbocycles. The average Bonchev–Trinajstić information content (AvgIpc) is 3.05. The van der Waals surface area contributed by atoms with Gasteiger partial charge in [0.25, 0.3) is 0 Å². The molecule has 0 bridgehead atoms. The van der Waals surface area contributed by atoms with Crippen LogP contribution in [0.15, 0.2) is 64.9 Å². The molecule has 0 aromatic heterocycles. The Labute approximate surface area is 131 Å². The normalized spacial score (nSPS) is 20.5. The molecule has 0 aliphatic carbocycles. The zero-order chi connectivity index (χ0) is 14.7. The molecule has 2 nitrogen and oxygen atoms in total. The molecule has 2 atom stereocenters. The van der Waals surface area contributed by atoms with Crippen LogP contribution in [0.2, 0.25) is 0 Å². The highest BCUT2D eigenvalue weighted by Gasteiger charge is 2.33. The first-order valence-electron chi connectivity index (χ1n) is 6.67. The Bertz CT molecular complexity index is 565. The second-order valence-corrected chi connectivity index (χ2v) is 8.28. The van der Waals surface area contributed by atoms with E-state index in [1.54, 1.807) is 14.2 Å². The summed E-state index contributed by atoms with van der Waals surface area (Å²) in [5.41, 5.74) is 1.32. The number of hydrogen-bond acceptors (Lipinski definition) is 3. The first-order valence-corrected chi connectivity index (χ1v) is 9.35. The van der Waals surface area contributed by atoms with Gasteiger partial charge >= 0.3 is 0 Å². The highest BCUT2D eigenvalue weighted by atomic mass is 33.1. The largest absolute Gasteiger partial charge is 0.497 e. The van der Waals surface area contributed by atoms with Crippen molar-refractivity contribution in [3.8, 4) is 11.5 Å². The summed E-state index contributed by atoms with van der Waals surface area (Å²) in [7, 11) is 5.48. The van der Waals surface area contributed by atoms with Crippen molar-refractivity contribution < 1.29 is 9.47 Å². The summed E-state index contributed by atoms with van der Waals surface area (Å²) in [6.07, 6.45) is 2.29. The van der Waals surface area contributed by atoms with Crippen LogP contribution >= 0.6 is 10.8 Å². The number of hydrogen-bond donors (Lipinski definition) is 0. The summed E-state index contributed by atoms with van der Waals surface area (Å²) in [6, 6.07) is 16.7. The second-order valence-electron chi connectivity index (χ2n) is 4.59. The lowest BCUT2D eigenvalue weighted by Gasteiger charge is -2.06. The standard InChI is InChI=1S/C17H17O2S2/c1-18-14-5-3-13(4-6-14)17-11-12-21(20-17)16-9-7-15(19-2)8-10-16/h3-12,17H,1-2H3/q+1. The van der Waals surface area contributed by atoms with Gasteiger partial charge in [-0.3, -0.25) is 0 Å². The Morgan fingerprint density at radius 1 is 0.857 bits per heavy atom. The molecular formula is C17H17O2S2+. The van der Waals surface area contributed by atoms with Crippen molar-refractivity contribution in [2.24, 2.45) is 0 Å². The van der Waals surface area contributed by atoms with Crippen molar-refractivity contribution >= 4 is 20.7 Å². The van der Waals surface area contributed by atoms with E-state index in [1.807, 2.05) is 35.1 Å². The quantitative estimate of drug-likeness (QED) is 0.606. The summed E-state index contributed by atoms with van der Waals surface area (Å²) < 4.78 is 10.4. The van der Waals surface area contributed by atoms with Crippen molar-refractivity contribution in [1.82, 2.24) is 0 Å². The zero-order valence-electron chi connectivity index (χ0n) is 12.0. The maximum atomic E-state index is 5.21. The van der Waals surface area contributed by atoms with Crippen molar-refractivity contribution in [3.05, 3.63) is 65.6 Å². The molecule has 2 unspecified atom stereocenters. The average molecular weight is 317 g/mol. The molecule has 1 heterocycles. The van der Waals surface area contributed by atoms with Crippen LogP contribution in [0.3, 0.4) is 0 Å². The Balaban J connectivity index is 1.71. The van der Waals surface area contributed by atoms with Gasteiger partial charge < -0.3 is 9.47 Å². The molecule has 0 fully saturated rings. The molecule has 0 amide bonds. The molecule has 4 heteroatoms. The molecular weight excluding hydrogens is 300 g/mol. The number of benzene rings is 2. The van der Waals surface area contributed by atoms with E-state index in [2.05, 4.69) is 35.7 Å². The molecule has 0 saturated heterocycles. The highest BCUT2D eigenvalue weighted by Crippen LogP contribution is 2.46. The zero-order valence-corrected chi connectivity index (χ0v) is 13.6. The number of ether oxygens (including phenoxy) is 2. The molecule has 0 N–H and O–H groups in total. The van der Waals surface area contributed by atoms with Gasteiger partial charge in [-0.05, 0) is 48.0 Å². The van der Waals surface area contributed by atoms with Crippen molar-refractivity contribution in [2.45, 2.75) is 10.1 Å². The van der Waals surface area contributed by atoms with Gasteiger partial charge in [-0.15, -0.1) is 0 Å². The Kier molecular flexibility index (Phi) is 4.46. The molecule has 21 heavy (non-hydrogen) atoms. The third-order valence-electron chi connectivity index (χ3n) is 3.32. The van der Waals surface area contributed by atoms with E-state index in [4.69, 9.17) is 9.47 Å². The lowest BCUT2D eigenvalue weighted by Crippen LogP contribution is -1.92. The van der Waals surface area contributed by atoms with Gasteiger partial charge in [-0.1, -0.05) is 12.1 Å². The molecule has 2 aromatic rings. The third kappa shape index (κ3) is 3.22. The minimum Gasteiger partial charge on any atom is -0.497 e. The maximum Gasteiger partial charge on any atom is 0.173 e. The summed E-state index contributed by atoms with van der Waals surface area (Å²) >= 11 is 0. The van der Waals surface area contributed by atoms with Gasteiger partial charge in [0.05, 0.1) is 14.2 Å². The van der Waals surface area contributed by atoms with E-state index < -0.39 is 0 Å². The van der Waals surface area contributed by atoms with Crippen molar-refractivity contribution in [2.75, 3.05) is 14.2 Å². The van der Waals surface area contributed by atoms with Crippen LogP contribution < -0.4 is 9.47 Å². The van der Waals surface area contributed by atoms with Crippen LogP contribution in [0, 0.1) is 0 Å². The highest BCUT2D eigenvalue weighted by molar-refractivity contribution is 8.75. The summed E-state index contributed by atoms with van der Waals surface area (Å²) in [4.78, 5) is 1.34. The minimum atomic E-state index is 0.111. The molecule has 1 aliphatic rings. The number of methoxy groups -OCH3 is 2. The van der Waals surface area contributed by atoms with E-state index >= 15 is 0 Å². The van der Waals surface area contributed by atoms with Crippen LogP contribution in [0.4, 0.5) is 0 Å². The molecule has 3 rings (SSSR count). The van der Waals surface area contributed by atoms with E-state index in [1.165, 1.54) is 10.5 Å². The Morgan fingerprint density at radius 2 is 1.43 bits per heavy atom. The first-order chi connectivity index (χ1) is 10.3. The monoisotopic (exact) mass is 317 g/mol. The minimum absolute atomic E-state index is 0.111. The van der Waals surface area contributed by atoms with Gasteiger partial charge in [-0.2, -0.15) is 0 Å². The van der Waals surface area contributed by atoms with Crippen LogP contribution in [0.5, 0.6) is 11.5 Å². The third-order valence-corrected chi connectivity index (χ3v) is 7.46. The number of rotatable bonds is 4. The fourth-order valence-corrected chi connectivity index (χ4v) is 6.14. The van der Waals surface area contributed by atoms with Crippen LogP contribution in [-0.4, -0.2) is 14.2 Å². The topological polar surface area (TPSA) is 18.5 Å². The fourth-order valence-electron chi connectivity index (χ4n) is 2.12. The predicted molar refractivity (Wildman–Crippen MR) is 91.1 cm³/mol. The van der Waals surface area contributed by atoms with E-state index in [9.17, 15) is 0 Å². The SMILES string of the molecule is COc1ccc(C2C=C[S+](c3ccc(OC)cc3)S2)cc1. The fraction of sp³-hybridized carbons (Fsp3) is 0.176. The molecule has 0 radical (unpaired) electrons.